The Kier molecular flexibility index (Phi) is 3.97. The zero-order valence-electron chi connectivity index (χ0n) is 12.4. The molecular formula is C16H19FO4S. The van der Waals surface area contributed by atoms with Crippen molar-refractivity contribution in [1.82, 2.24) is 0 Å². The maximum Gasteiger partial charge on any atom is 0.169 e. The van der Waals surface area contributed by atoms with E-state index in [9.17, 15) is 17.6 Å². The van der Waals surface area contributed by atoms with E-state index in [1.54, 1.807) is 6.92 Å². The summed E-state index contributed by atoms with van der Waals surface area (Å²) in [4.78, 5) is 12.7. The van der Waals surface area contributed by atoms with Crippen molar-refractivity contribution in [1.29, 1.82) is 0 Å². The summed E-state index contributed by atoms with van der Waals surface area (Å²) in [5.74, 6) is -0.676. The molecular weight excluding hydrogens is 307 g/mol. The van der Waals surface area contributed by atoms with E-state index in [2.05, 4.69) is 0 Å². The van der Waals surface area contributed by atoms with Crippen molar-refractivity contribution in [3.05, 3.63) is 29.6 Å². The van der Waals surface area contributed by atoms with Gasteiger partial charge in [0.15, 0.2) is 15.6 Å². The predicted octanol–water partition coefficient (Wildman–Crippen LogP) is 2.76. The number of hydrogen-bond acceptors (Lipinski definition) is 4. The molecule has 3 rings (SSSR count). The molecule has 2 bridgehead atoms. The number of sulfone groups is 1. The van der Waals surface area contributed by atoms with Gasteiger partial charge in [-0.2, -0.15) is 0 Å². The number of rotatable bonds is 4. The lowest BCUT2D eigenvalue weighted by molar-refractivity contribution is 0.0901. The summed E-state index contributed by atoms with van der Waals surface area (Å²) in [6, 6.07) is 3.91. The Labute approximate surface area is 129 Å². The largest absolute Gasteiger partial charge is 0.493 e. The number of carbonyl (C=O) groups is 1. The molecule has 0 aromatic heterocycles. The lowest BCUT2D eigenvalue weighted by Gasteiger charge is -2.27. The Morgan fingerprint density at radius 2 is 1.91 bits per heavy atom. The average molecular weight is 326 g/mol. The third kappa shape index (κ3) is 2.53. The fourth-order valence-electron chi connectivity index (χ4n) is 3.62. The maximum atomic E-state index is 13.5. The molecule has 0 N–H and O–H groups in total. The van der Waals surface area contributed by atoms with Crippen LogP contribution < -0.4 is 4.74 Å². The van der Waals surface area contributed by atoms with Gasteiger partial charge in [0.05, 0.1) is 22.7 Å². The van der Waals surface area contributed by atoms with E-state index in [1.165, 1.54) is 18.2 Å². The summed E-state index contributed by atoms with van der Waals surface area (Å²) in [5.41, 5.74) is 0.227. The predicted molar refractivity (Wildman–Crippen MR) is 80.4 cm³/mol. The molecule has 2 heterocycles. The van der Waals surface area contributed by atoms with Crippen LogP contribution in [0.5, 0.6) is 5.75 Å². The number of halogens is 1. The summed E-state index contributed by atoms with van der Waals surface area (Å²) in [6.45, 7) is 2.18. The summed E-state index contributed by atoms with van der Waals surface area (Å²) in [6.07, 6.45) is 1.97. The molecule has 120 valence electrons. The summed E-state index contributed by atoms with van der Waals surface area (Å²) in [5, 5.41) is -0.825. The molecule has 2 fully saturated rings. The van der Waals surface area contributed by atoms with E-state index in [0.717, 1.165) is 0 Å². The van der Waals surface area contributed by atoms with Crippen molar-refractivity contribution in [2.24, 2.45) is 5.92 Å². The fourth-order valence-corrected chi connectivity index (χ4v) is 6.09. The monoisotopic (exact) mass is 326 g/mol. The highest BCUT2D eigenvalue weighted by molar-refractivity contribution is 7.93. The zero-order valence-corrected chi connectivity index (χ0v) is 13.2. The van der Waals surface area contributed by atoms with Gasteiger partial charge in [-0.05, 0) is 50.8 Å². The molecule has 2 unspecified atom stereocenters. The van der Waals surface area contributed by atoms with Crippen molar-refractivity contribution in [3.8, 4) is 5.75 Å². The molecule has 0 amide bonds. The van der Waals surface area contributed by atoms with Crippen LogP contribution >= 0.6 is 0 Å². The molecule has 2 aliphatic heterocycles. The second-order valence-corrected chi connectivity index (χ2v) is 8.53. The van der Waals surface area contributed by atoms with Crippen LogP contribution in [0, 0.1) is 11.7 Å². The zero-order chi connectivity index (χ0) is 15.9. The molecule has 0 spiro atoms. The van der Waals surface area contributed by atoms with Gasteiger partial charge in [0, 0.05) is 5.92 Å². The topological polar surface area (TPSA) is 60.4 Å². The summed E-state index contributed by atoms with van der Waals surface area (Å²) in [7, 11) is -3.06. The van der Waals surface area contributed by atoms with E-state index in [1.807, 2.05) is 0 Å². The maximum absolute atomic E-state index is 13.5. The van der Waals surface area contributed by atoms with Gasteiger partial charge in [0.1, 0.15) is 11.6 Å². The first-order chi connectivity index (χ1) is 10.4. The van der Waals surface area contributed by atoms with Crippen molar-refractivity contribution in [3.63, 3.8) is 0 Å². The molecule has 2 atom stereocenters. The first-order valence-electron chi connectivity index (χ1n) is 7.62. The Morgan fingerprint density at radius 3 is 2.50 bits per heavy atom. The van der Waals surface area contributed by atoms with Crippen molar-refractivity contribution in [2.75, 3.05) is 6.61 Å². The number of benzene rings is 1. The molecule has 6 heteroatoms. The van der Waals surface area contributed by atoms with Crippen LogP contribution in [0.25, 0.3) is 0 Å². The molecule has 22 heavy (non-hydrogen) atoms. The minimum atomic E-state index is -3.06. The molecule has 2 saturated heterocycles. The number of carbonyl (C=O) groups excluding carboxylic acids is 1. The standard InChI is InChI=1S/C16H19FO4S/c1-2-21-15-6-3-11(17)9-14(15)16(18)10-7-12-4-5-13(8-10)22(12,19)20/h3,6,9-10,12-13H,2,4-5,7-8H2,1H3. The van der Waals surface area contributed by atoms with Crippen molar-refractivity contribution >= 4 is 15.6 Å². The molecule has 2 aliphatic rings. The number of Topliss-reactive ketones (excluding diaryl/α,β-unsaturated/α-hetero) is 1. The van der Waals surface area contributed by atoms with E-state index in [4.69, 9.17) is 4.74 Å². The first kappa shape index (κ1) is 15.5. The Balaban J connectivity index is 1.88. The number of fused-ring (bicyclic) bond motifs is 2. The van der Waals surface area contributed by atoms with E-state index >= 15 is 0 Å². The highest BCUT2D eigenvalue weighted by Gasteiger charge is 2.48. The molecule has 0 radical (unpaired) electrons. The lowest BCUT2D eigenvalue weighted by atomic mass is 9.90. The fraction of sp³-hybridized carbons (Fsp3) is 0.562. The van der Waals surface area contributed by atoms with Gasteiger partial charge in [-0.15, -0.1) is 0 Å². The number of ether oxygens (including phenoxy) is 1. The van der Waals surface area contributed by atoms with Gasteiger partial charge < -0.3 is 4.74 Å². The van der Waals surface area contributed by atoms with Gasteiger partial charge >= 0.3 is 0 Å². The van der Waals surface area contributed by atoms with Crippen LogP contribution in [0.4, 0.5) is 4.39 Å². The minimum absolute atomic E-state index is 0.199. The van der Waals surface area contributed by atoms with Crippen LogP contribution in [0.1, 0.15) is 43.0 Å². The third-order valence-corrected chi connectivity index (χ3v) is 7.43. The van der Waals surface area contributed by atoms with Gasteiger partial charge in [-0.3, -0.25) is 4.79 Å². The van der Waals surface area contributed by atoms with Crippen LogP contribution in [-0.2, 0) is 9.84 Å². The Bertz CT molecular complexity index is 678. The number of ketones is 1. The van der Waals surface area contributed by atoms with Gasteiger partial charge in [-0.25, -0.2) is 12.8 Å². The van der Waals surface area contributed by atoms with Crippen LogP contribution in [0.15, 0.2) is 18.2 Å². The van der Waals surface area contributed by atoms with Crippen LogP contribution in [-0.4, -0.2) is 31.3 Å². The smallest absolute Gasteiger partial charge is 0.169 e. The second kappa shape index (κ2) is 5.65. The van der Waals surface area contributed by atoms with E-state index in [-0.39, 0.29) is 17.3 Å². The molecule has 1 aromatic carbocycles. The molecule has 1 aromatic rings. The lowest BCUT2D eigenvalue weighted by Crippen LogP contribution is -2.36. The molecule has 0 aliphatic carbocycles. The first-order valence-corrected chi connectivity index (χ1v) is 9.23. The summed E-state index contributed by atoms with van der Waals surface area (Å²) < 4.78 is 43.1. The highest BCUT2D eigenvalue weighted by Crippen LogP contribution is 2.42. The second-order valence-electron chi connectivity index (χ2n) is 6.02. The third-order valence-electron chi connectivity index (χ3n) is 4.71. The summed E-state index contributed by atoms with van der Waals surface area (Å²) >= 11 is 0. The SMILES string of the molecule is CCOc1ccc(F)cc1C(=O)C1CC2CCC(C1)S2(=O)=O. The molecule has 0 saturated carbocycles. The highest BCUT2D eigenvalue weighted by atomic mass is 32.2. The normalized spacial score (nSPS) is 29.3. The molecule has 4 nitrogen and oxygen atoms in total. The Morgan fingerprint density at radius 1 is 1.27 bits per heavy atom. The van der Waals surface area contributed by atoms with Crippen LogP contribution in [0.2, 0.25) is 0 Å². The van der Waals surface area contributed by atoms with Gasteiger partial charge in [0.2, 0.25) is 0 Å². The quantitative estimate of drug-likeness (QED) is 0.798. The minimum Gasteiger partial charge on any atom is -0.493 e. The van der Waals surface area contributed by atoms with E-state index in [0.29, 0.717) is 38.0 Å². The van der Waals surface area contributed by atoms with Gasteiger partial charge in [-0.1, -0.05) is 0 Å². The number of hydrogen-bond donors (Lipinski definition) is 0. The Hall–Kier alpha value is -1.43. The van der Waals surface area contributed by atoms with Crippen molar-refractivity contribution in [2.45, 2.75) is 43.1 Å². The van der Waals surface area contributed by atoms with Gasteiger partial charge in [0.25, 0.3) is 0 Å². The van der Waals surface area contributed by atoms with Crippen molar-refractivity contribution < 1.29 is 22.3 Å². The van der Waals surface area contributed by atoms with Crippen LogP contribution in [0.3, 0.4) is 0 Å². The van der Waals surface area contributed by atoms with E-state index < -0.39 is 26.2 Å². The average Bonchev–Trinajstić information content (AvgIpc) is 2.68.